The van der Waals surface area contributed by atoms with E-state index in [0.29, 0.717) is 5.56 Å². The largest absolute Gasteiger partial charge is 0.416 e. The summed E-state index contributed by atoms with van der Waals surface area (Å²) in [4.78, 5) is 24.5. The number of ketones is 1. The summed E-state index contributed by atoms with van der Waals surface area (Å²) in [5.74, 6) is -1.55. The second-order valence-corrected chi connectivity index (χ2v) is 7.03. The van der Waals surface area contributed by atoms with E-state index in [1.165, 1.54) is 48.5 Å². The highest BCUT2D eigenvalue weighted by molar-refractivity contribution is 6.00. The van der Waals surface area contributed by atoms with Crippen molar-refractivity contribution in [2.24, 2.45) is 0 Å². The van der Waals surface area contributed by atoms with E-state index in [4.69, 9.17) is 0 Å². The van der Waals surface area contributed by atoms with Gasteiger partial charge in [-0.15, -0.1) is 0 Å². The Balaban J connectivity index is 1.77. The fraction of sp³-hybridized carbons (Fsp3) is 0.130. The van der Waals surface area contributed by atoms with Crippen LogP contribution in [0.15, 0.2) is 66.7 Å². The van der Waals surface area contributed by atoms with Gasteiger partial charge in [0.05, 0.1) is 5.56 Å². The number of halogens is 5. The fourth-order valence-electron chi connectivity index (χ4n) is 3.05. The second kappa shape index (κ2) is 9.59. The standard InChI is InChI=1S/C23H17F5N2O2/c24-17-4-1-3-14(8-17)10-21(31)11-15-7-16(23(26,27)28)12-20(9-15)30-22(32)29-19-6-2-5-18(25)13-19/h1-9,12-13H,10-11H2,(H2,29,30,32). The normalized spacial score (nSPS) is 11.2. The lowest BCUT2D eigenvalue weighted by atomic mass is 10.00. The van der Waals surface area contributed by atoms with Crippen LogP contribution in [0.1, 0.15) is 16.7 Å². The minimum Gasteiger partial charge on any atom is -0.308 e. The highest BCUT2D eigenvalue weighted by Gasteiger charge is 2.31. The Morgan fingerprint density at radius 1 is 0.719 bits per heavy atom. The number of anilines is 2. The Morgan fingerprint density at radius 2 is 1.34 bits per heavy atom. The van der Waals surface area contributed by atoms with Crippen LogP contribution in [0.4, 0.5) is 38.1 Å². The minimum absolute atomic E-state index is 0.0299. The first-order valence-corrected chi connectivity index (χ1v) is 9.39. The van der Waals surface area contributed by atoms with Crippen LogP contribution in [-0.4, -0.2) is 11.8 Å². The predicted octanol–water partition coefficient (Wildman–Crippen LogP) is 5.98. The second-order valence-electron chi connectivity index (χ2n) is 7.03. The quantitative estimate of drug-likeness (QED) is 0.456. The van der Waals surface area contributed by atoms with Gasteiger partial charge in [-0.2, -0.15) is 13.2 Å². The number of benzene rings is 3. The van der Waals surface area contributed by atoms with Crippen molar-refractivity contribution in [1.29, 1.82) is 0 Å². The van der Waals surface area contributed by atoms with Gasteiger partial charge in [-0.3, -0.25) is 4.79 Å². The zero-order chi connectivity index (χ0) is 23.3. The maximum Gasteiger partial charge on any atom is 0.416 e. The van der Waals surface area contributed by atoms with Crippen LogP contribution in [-0.2, 0) is 23.8 Å². The van der Waals surface area contributed by atoms with Gasteiger partial charge in [0.25, 0.3) is 0 Å². The number of hydrogen-bond donors (Lipinski definition) is 2. The molecule has 0 fully saturated rings. The molecule has 0 atom stereocenters. The topological polar surface area (TPSA) is 58.2 Å². The first kappa shape index (κ1) is 22.9. The molecule has 0 saturated heterocycles. The van der Waals surface area contributed by atoms with E-state index in [1.54, 1.807) is 0 Å². The van der Waals surface area contributed by atoms with E-state index in [1.807, 2.05) is 0 Å². The van der Waals surface area contributed by atoms with E-state index in [0.717, 1.165) is 18.2 Å². The van der Waals surface area contributed by atoms with Gasteiger partial charge in [-0.1, -0.05) is 18.2 Å². The molecule has 0 bridgehead atoms. The molecule has 0 radical (unpaired) electrons. The van der Waals surface area contributed by atoms with E-state index in [9.17, 15) is 31.5 Å². The summed E-state index contributed by atoms with van der Waals surface area (Å²) in [6.07, 6.45) is -5.21. The molecule has 3 rings (SSSR count). The fourth-order valence-corrected chi connectivity index (χ4v) is 3.05. The molecular formula is C23H17F5N2O2. The zero-order valence-corrected chi connectivity index (χ0v) is 16.5. The van der Waals surface area contributed by atoms with Crippen molar-refractivity contribution < 1.29 is 31.5 Å². The van der Waals surface area contributed by atoms with Gasteiger partial charge in [0.1, 0.15) is 17.4 Å². The van der Waals surface area contributed by atoms with Crippen LogP contribution in [0.5, 0.6) is 0 Å². The zero-order valence-electron chi connectivity index (χ0n) is 16.5. The van der Waals surface area contributed by atoms with Crippen LogP contribution in [0.3, 0.4) is 0 Å². The Bertz CT molecular complexity index is 1070. The van der Waals surface area contributed by atoms with E-state index < -0.39 is 35.2 Å². The van der Waals surface area contributed by atoms with Gasteiger partial charge >= 0.3 is 12.2 Å². The molecule has 3 aromatic rings. The summed E-state index contributed by atoms with van der Waals surface area (Å²) in [5.41, 5.74) is -0.700. The summed E-state index contributed by atoms with van der Waals surface area (Å²) in [7, 11) is 0. The van der Waals surface area contributed by atoms with Gasteiger partial charge < -0.3 is 10.6 Å². The summed E-state index contributed by atoms with van der Waals surface area (Å²) in [6.45, 7) is 0. The Kier molecular flexibility index (Phi) is 6.87. The molecule has 0 aromatic heterocycles. The van der Waals surface area contributed by atoms with E-state index in [2.05, 4.69) is 10.6 Å². The monoisotopic (exact) mass is 448 g/mol. The first-order valence-electron chi connectivity index (χ1n) is 9.39. The van der Waals surface area contributed by atoms with Crippen LogP contribution in [0.2, 0.25) is 0 Å². The lowest BCUT2D eigenvalue weighted by molar-refractivity contribution is -0.137. The van der Waals surface area contributed by atoms with Crippen LogP contribution in [0, 0.1) is 11.6 Å². The molecule has 0 saturated carbocycles. The number of nitrogens with one attached hydrogen (secondary N) is 2. The molecule has 4 nitrogen and oxygen atoms in total. The lowest BCUT2D eigenvalue weighted by Crippen LogP contribution is -2.20. The number of rotatable bonds is 6. The molecule has 2 amide bonds. The number of urea groups is 1. The number of hydrogen-bond acceptors (Lipinski definition) is 2. The average molecular weight is 448 g/mol. The van der Waals surface area contributed by atoms with Crippen molar-refractivity contribution in [2.45, 2.75) is 19.0 Å². The third-order valence-corrected chi connectivity index (χ3v) is 4.35. The molecule has 0 heterocycles. The molecular weight excluding hydrogens is 431 g/mol. The van der Waals surface area contributed by atoms with Gasteiger partial charge in [-0.25, -0.2) is 13.6 Å². The third kappa shape index (κ3) is 6.63. The first-order chi connectivity index (χ1) is 15.1. The summed E-state index contributed by atoms with van der Waals surface area (Å²) in [6, 6.07) is 12.2. The summed E-state index contributed by atoms with van der Waals surface area (Å²) >= 11 is 0. The molecule has 166 valence electrons. The molecule has 3 aromatic carbocycles. The van der Waals surface area contributed by atoms with Crippen molar-refractivity contribution in [3.63, 3.8) is 0 Å². The number of amides is 2. The SMILES string of the molecule is O=C(Cc1cccc(F)c1)Cc1cc(NC(=O)Nc2cccc(F)c2)cc(C(F)(F)F)c1. The molecule has 32 heavy (non-hydrogen) atoms. The third-order valence-electron chi connectivity index (χ3n) is 4.35. The maximum absolute atomic E-state index is 13.3. The molecule has 9 heteroatoms. The molecule has 0 aliphatic carbocycles. The minimum atomic E-state index is -4.71. The molecule has 0 unspecified atom stereocenters. The van der Waals surface area contributed by atoms with Gasteiger partial charge in [0.2, 0.25) is 0 Å². The summed E-state index contributed by atoms with van der Waals surface area (Å²) in [5, 5.41) is 4.57. The van der Waals surface area contributed by atoms with Gasteiger partial charge in [0, 0.05) is 24.2 Å². The van der Waals surface area contributed by atoms with Gasteiger partial charge in [0.15, 0.2) is 0 Å². The van der Waals surface area contributed by atoms with Crippen molar-refractivity contribution >= 4 is 23.2 Å². The Labute approximate surface area is 180 Å². The Morgan fingerprint density at radius 3 is 2.00 bits per heavy atom. The van der Waals surface area contributed by atoms with Gasteiger partial charge in [-0.05, 0) is 59.7 Å². The van der Waals surface area contributed by atoms with Crippen LogP contribution < -0.4 is 10.6 Å². The number of alkyl halides is 3. The van der Waals surface area contributed by atoms with Crippen molar-refractivity contribution in [2.75, 3.05) is 10.6 Å². The number of carbonyl (C=O) groups is 2. The highest BCUT2D eigenvalue weighted by atomic mass is 19.4. The van der Waals surface area contributed by atoms with Crippen molar-refractivity contribution in [1.82, 2.24) is 0 Å². The number of carbonyl (C=O) groups excluding carboxylic acids is 2. The van der Waals surface area contributed by atoms with E-state index in [-0.39, 0.29) is 29.8 Å². The van der Waals surface area contributed by atoms with Crippen molar-refractivity contribution in [3.8, 4) is 0 Å². The number of Topliss-reactive ketones (excluding diaryl/α,β-unsaturated/α-hetero) is 1. The maximum atomic E-state index is 13.3. The van der Waals surface area contributed by atoms with E-state index >= 15 is 0 Å². The predicted molar refractivity (Wildman–Crippen MR) is 109 cm³/mol. The summed E-state index contributed by atoms with van der Waals surface area (Å²) < 4.78 is 66.4. The molecule has 0 spiro atoms. The average Bonchev–Trinajstić information content (AvgIpc) is 2.67. The smallest absolute Gasteiger partial charge is 0.308 e. The van der Waals surface area contributed by atoms with Crippen molar-refractivity contribution in [3.05, 3.63) is 95.1 Å². The lowest BCUT2D eigenvalue weighted by Gasteiger charge is -2.14. The highest BCUT2D eigenvalue weighted by Crippen LogP contribution is 2.32. The molecule has 0 aliphatic heterocycles. The Hall–Kier alpha value is -3.75. The molecule has 2 N–H and O–H groups in total. The van der Waals surface area contributed by atoms with Crippen LogP contribution >= 0.6 is 0 Å². The molecule has 0 aliphatic rings. The van der Waals surface area contributed by atoms with Crippen LogP contribution in [0.25, 0.3) is 0 Å².